The van der Waals surface area contributed by atoms with Crippen LogP contribution in [0, 0.1) is 27.7 Å². The minimum Gasteiger partial charge on any atom is -0.462 e. The number of esters is 1. The van der Waals surface area contributed by atoms with Gasteiger partial charge in [0.1, 0.15) is 6.54 Å². The van der Waals surface area contributed by atoms with Crippen molar-refractivity contribution in [3.05, 3.63) is 76.5 Å². The Bertz CT molecular complexity index is 1080. The third kappa shape index (κ3) is 4.30. The molecule has 2 aromatic carbocycles. The zero-order valence-electron chi connectivity index (χ0n) is 18.2. The monoisotopic (exact) mass is 404 g/mol. The van der Waals surface area contributed by atoms with E-state index in [2.05, 4.69) is 5.32 Å². The summed E-state index contributed by atoms with van der Waals surface area (Å²) in [7, 11) is 0. The number of aromatic nitrogens is 1. The summed E-state index contributed by atoms with van der Waals surface area (Å²) in [5.41, 5.74) is 6.92. The summed E-state index contributed by atoms with van der Waals surface area (Å²) in [4.78, 5) is 25.5. The molecule has 0 unspecified atom stereocenters. The van der Waals surface area contributed by atoms with Crippen molar-refractivity contribution in [2.45, 2.75) is 41.2 Å². The van der Waals surface area contributed by atoms with Crippen molar-refractivity contribution in [1.29, 1.82) is 0 Å². The maximum absolute atomic E-state index is 12.9. The predicted octanol–water partition coefficient (Wildman–Crippen LogP) is 5.20. The average Bonchev–Trinajstić information content (AvgIpc) is 2.95. The smallest absolute Gasteiger partial charge is 0.340 e. The molecule has 0 spiro atoms. The molecule has 0 atom stereocenters. The van der Waals surface area contributed by atoms with Crippen molar-refractivity contribution >= 4 is 17.6 Å². The van der Waals surface area contributed by atoms with Crippen LogP contribution in [0.4, 0.5) is 5.69 Å². The lowest BCUT2D eigenvalue weighted by Crippen LogP contribution is -2.20. The van der Waals surface area contributed by atoms with Crippen LogP contribution in [-0.2, 0) is 16.1 Å². The summed E-state index contributed by atoms with van der Waals surface area (Å²) in [6.07, 6.45) is 0. The van der Waals surface area contributed by atoms with Crippen molar-refractivity contribution < 1.29 is 14.3 Å². The molecule has 0 bridgehead atoms. The van der Waals surface area contributed by atoms with Crippen LogP contribution < -0.4 is 5.32 Å². The Hall–Kier alpha value is -3.34. The maximum Gasteiger partial charge on any atom is 0.340 e. The van der Waals surface area contributed by atoms with Crippen LogP contribution in [0.15, 0.2) is 48.5 Å². The number of aryl methyl sites for hydroxylation is 2. The lowest BCUT2D eigenvalue weighted by Gasteiger charge is -2.13. The molecule has 5 heteroatoms. The standard InChI is InChI=1S/C25H28N2O3/c1-6-30-25(29)23-18(4)24(20-10-8-7-9-11-20)27(19(23)5)15-22(28)26-21-13-12-16(2)17(3)14-21/h7-14H,6,15H2,1-5H3,(H,26,28). The molecule has 0 saturated heterocycles. The Morgan fingerprint density at radius 1 is 0.967 bits per heavy atom. The molecule has 30 heavy (non-hydrogen) atoms. The van der Waals surface area contributed by atoms with Crippen LogP contribution in [0.1, 0.15) is 39.7 Å². The summed E-state index contributed by atoms with van der Waals surface area (Å²) in [5, 5.41) is 2.97. The average molecular weight is 405 g/mol. The first-order chi connectivity index (χ1) is 14.3. The number of carbonyl (C=O) groups is 2. The van der Waals surface area contributed by atoms with Gasteiger partial charge in [0, 0.05) is 11.4 Å². The molecule has 156 valence electrons. The highest BCUT2D eigenvalue weighted by Crippen LogP contribution is 2.31. The van der Waals surface area contributed by atoms with Gasteiger partial charge >= 0.3 is 5.97 Å². The highest BCUT2D eigenvalue weighted by atomic mass is 16.5. The zero-order valence-corrected chi connectivity index (χ0v) is 18.2. The van der Waals surface area contributed by atoms with Gasteiger partial charge in [0.2, 0.25) is 5.91 Å². The molecule has 1 aromatic heterocycles. The Morgan fingerprint density at radius 3 is 2.30 bits per heavy atom. The maximum atomic E-state index is 12.9. The molecule has 1 amide bonds. The number of ether oxygens (including phenoxy) is 1. The van der Waals surface area contributed by atoms with E-state index in [9.17, 15) is 9.59 Å². The lowest BCUT2D eigenvalue weighted by molar-refractivity contribution is -0.116. The van der Waals surface area contributed by atoms with E-state index >= 15 is 0 Å². The van der Waals surface area contributed by atoms with Crippen molar-refractivity contribution in [3.8, 4) is 11.3 Å². The van der Waals surface area contributed by atoms with Crippen molar-refractivity contribution in [2.75, 3.05) is 11.9 Å². The third-order valence-corrected chi connectivity index (χ3v) is 5.39. The Labute approximate surface area is 177 Å². The number of amides is 1. The van der Waals surface area contributed by atoms with E-state index in [1.54, 1.807) is 6.92 Å². The van der Waals surface area contributed by atoms with E-state index in [1.165, 1.54) is 5.56 Å². The van der Waals surface area contributed by atoms with E-state index in [-0.39, 0.29) is 18.4 Å². The van der Waals surface area contributed by atoms with E-state index in [0.717, 1.165) is 33.8 Å². The molecule has 0 fully saturated rings. The fourth-order valence-electron chi connectivity index (χ4n) is 3.73. The quantitative estimate of drug-likeness (QED) is 0.574. The van der Waals surface area contributed by atoms with Gasteiger partial charge in [-0.05, 0) is 69.0 Å². The SMILES string of the molecule is CCOC(=O)c1c(C)c(-c2ccccc2)n(CC(=O)Nc2ccc(C)c(C)c2)c1C. The first kappa shape index (κ1) is 21.4. The summed E-state index contributed by atoms with van der Waals surface area (Å²) in [6, 6.07) is 15.6. The van der Waals surface area contributed by atoms with Crippen molar-refractivity contribution in [1.82, 2.24) is 4.57 Å². The predicted molar refractivity (Wildman–Crippen MR) is 120 cm³/mol. The number of nitrogens with zero attached hydrogens (tertiary/aromatic N) is 1. The van der Waals surface area contributed by atoms with Gasteiger partial charge in [0.25, 0.3) is 0 Å². The van der Waals surface area contributed by atoms with Crippen LogP contribution in [0.2, 0.25) is 0 Å². The van der Waals surface area contributed by atoms with Gasteiger partial charge in [-0.25, -0.2) is 4.79 Å². The summed E-state index contributed by atoms with van der Waals surface area (Å²) in [6.45, 7) is 10.0. The highest BCUT2D eigenvalue weighted by Gasteiger charge is 2.25. The third-order valence-electron chi connectivity index (χ3n) is 5.39. The Balaban J connectivity index is 1.99. The number of rotatable bonds is 6. The molecular weight excluding hydrogens is 376 g/mol. The highest BCUT2D eigenvalue weighted by molar-refractivity contribution is 5.96. The van der Waals surface area contributed by atoms with Crippen LogP contribution in [-0.4, -0.2) is 23.1 Å². The number of benzene rings is 2. The number of anilines is 1. The van der Waals surface area contributed by atoms with Gasteiger partial charge in [-0.3, -0.25) is 4.79 Å². The molecule has 0 aliphatic rings. The van der Waals surface area contributed by atoms with Gasteiger partial charge in [-0.2, -0.15) is 0 Å². The zero-order chi connectivity index (χ0) is 21.8. The second-order valence-electron chi connectivity index (χ2n) is 7.45. The molecule has 1 heterocycles. The molecule has 0 radical (unpaired) electrons. The second kappa shape index (κ2) is 8.99. The van der Waals surface area contributed by atoms with Gasteiger partial charge in [-0.15, -0.1) is 0 Å². The van der Waals surface area contributed by atoms with Gasteiger partial charge in [-0.1, -0.05) is 36.4 Å². The Morgan fingerprint density at radius 2 is 1.67 bits per heavy atom. The van der Waals surface area contributed by atoms with Crippen LogP contribution in [0.5, 0.6) is 0 Å². The fourth-order valence-corrected chi connectivity index (χ4v) is 3.73. The van der Waals surface area contributed by atoms with Crippen molar-refractivity contribution in [2.24, 2.45) is 0 Å². The van der Waals surface area contributed by atoms with Gasteiger partial charge in [0.15, 0.2) is 0 Å². The minimum atomic E-state index is -0.363. The van der Waals surface area contributed by atoms with Crippen LogP contribution >= 0.6 is 0 Å². The van der Waals surface area contributed by atoms with E-state index < -0.39 is 0 Å². The number of nitrogens with one attached hydrogen (secondary N) is 1. The second-order valence-corrected chi connectivity index (χ2v) is 7.45. The van der Waals surface area contributed by atoms with Crippen LogP contribution in [0.3, 0.4) is 0 Å². The van der Waals surface area contributed by atoms with Crippen LogP contribution in [0.25, 0.3) is 11.3 Å². The molecule has 1 N–H and O–H groups in total. The van der Waals surface area contributed by atoms with Gasteiger partial charge in [0.05, 0.1) is 17.9 Å². The molecule has 0 aliphatic heterocycles. The van der Waals surface area contributed by atoms with Crippen molar-refractivity contribution in [3.63, 3.8) is 0 Å². The summed E-state index contributed by atoms with van der Waals surface area (Å²) < 4.78 is 7.16. The number of hydrogen-bond donors (Lipinski definition) is 1. The van der Waals surface area contributed by atoms with E-state index in [1.807, 2.05) is 80.8 Å². The lowest BCUT2D eigenvalue weighted by atomic mass is 10.1. The molecule has 5 nitrogen and oxygen atoms in total. The normalized spacial score (nSPS) is 10.7. The van der Waals surface area contributed by atoms with E-state index in [4.69, 9.17) is 4.74 Å². The molecule has 3 rings (SSSR count). The topological polar surface area (TPSA) is 60.3 Å². The fraction of sp³-hybridized carbons (Fsp3) is 0.280. The number of hydrogen-bond acceptors (Lipinski definition) is 3. The molecule has 0 aliphatic carbocycles. The molecular formula is C25H28N2O3. The minimum absolute atomic E-state index is 0.100. The first-order valence-corrected chi connectivity index (χ1v) is 10.1. The molecule has 0 saturated carbocycles. The Kier molecular flexibility index (Phi) is 6.40. The van der Waals surface area contributed by atoms with E-state index in [0.29, 0.717) is 12.2 Å². The number of carbonyl (C=O) groups excluding carboxylic acids is 2. The summed E-state index contributed by atoms with van der Waals surface area (Å²) >= 11 is 0. The summed E-state index contributed by atoms with van der Waals surface area (Å²) in [5.74, 6) is -0.512. The van der Waals surface area contributed by atoms with Gasteiger partial charge < -0.3 is 14.6 Å². The molecule has 3 aromatic rings. The first-order valence-electron chi connectivity index (χ1n) is 10.1. The largest absolute Gasteiger partial charge is 0.462 e.